The predicted octanol–water partition coefficient (Wildman–Crippen LogP) is 2.41. The van der Waals surface area contributed by atoms with E-state index in [4.69, 9.17) is 0 Å². The summed E-state index contributed by atoms with van der Waals surface area (Å²) in [5.74, 6) is 0. The van der Waals surface area contributed by atoms with Gasteiger partial charge in [0.15, 0.2) is 12.4 Å². The lowest BCUT2D eigenvalue weighted by atomic mass is 10.1. The van der Waals surface area contributed by atoms with Gasteiger partial charge in [-0.3, -0.25) is 0 Å². The molecule has 2 rings (SSSR count). The highest BCUT2D eigenvalue weighted by Gasteiger charge is 2.23. The van der Waals surface area contributed by atoms with Gasteiger partial charge >= 0.3 is 14.5 Å². The molecule has 0 saturated heterocycles. The van der Waals surface area contributed by atoms with E-state index in [2.05, 4.69) is 0 Å². The van der Waals surface area contributed by atoms with E-state index in [-0.39, 0.29) is 10.1 Å². The van der Waals surface area contributed by atoms with E-state index in [1.165, 1.54) is 21.3 Å². The van der Waals surface area contributed by atoms with Gasteiger partial charge in [0.1, 0.15) is 14.1 Å². The molecule has 0 fully saturated rings. The van der Waals surface area contributed by atoms with Crippen molar-refractivity contribution >= 4 is 34.2 Å². The number of aryl methyl sites for hydroxylation is 2. The topological polar surface area (TPSA) is 76.0 Å². The van der Waals surface area contributed by atoms with Crippen molar-refractivity contribution in [2.75, 3.05) is 12.5 Å². The van der Waals surface area contributed by atoms with Crippen LogP contribution in [0.25, 0.3) is 11.1 Å². The molecule has 2 aromatic rings. The average Bonchev–Trinajstić information content (AvgIpc) is 2.48. The summed E-state index contributed by atoms with van der Waals surface area (Å²) in [5.41, 5.74) is 1.59. The van der Waals surface area contributed by atoms with Crippen molar-refractivity contribution in [2.45, 2.75) is 10.1 Å². The Morgan fingerprint density at radius 2 is 0.812 bits per heavy atom. The van der Waals surface area contributed by atoms with Crippen molar-refractivity contribution in [1.29, 1.82) is 0 Å². The molecule has 0 bridgehead atoms. The maximum absolute atomic E-state index is 11.6. The molecular formula is C14H18B2F8N2O4S2. The Morgan fingerprint density at radius 1 is 0.594 bits per heavy atom. The number of nitrogens with zero attached hydrogens (tertiary/aromatic N) is 2. The third-order valence-corrected chi connectivity index (χ3v) is 5.63. The molecule has 0 aliphatic rings. The van der Waals surface area contributed by atoms with Crippen molar-refractivity contribution in [3.8, 4) is 11.1 Å². The molecule has 182 valence electrons. The lowest BCUT2D eigenvalue weighted by Crippen LogP contribution is -2.36. The van der Waals surface area contributed by atoms with Crippen LogP contribution in [0.1, 0.15) is 0 Å². The van der Waals surface area contributed by atoms with Crippen LogP contribution in [-0.2, 0) is 33.8 Å². The van der Waals surface area contributed by atoms with E-state index in [1.807, 2.05) is 0 Å². The first-order valence-electron chi connectivity index (χ1n) is 8.14. The largest absolute Gasteiger partial charge is 0.673 e. The summed E-state index contributed by atoms with van der Waals surface area (Å²) in [6, 6.07) is 6.47. The van der Waals surface area contributed by atoms with Crippen LogP contribution in [0.2, 0.25) is 0 Å². The van der Waals surface area contributed by atoms with Gasteiger partial charge in [-0.05, 0) is 12.1 Å². The number of rotatable bonds is 3. The number of hydrogen-bond acceptors (Lipinski definition) is 4. The molecule has 2 heterocycles. The van der Waals surface area contributed by atoms with E-state index in [9.17, 15) is 51.4 Å². The van der Waals surface area contributed by atoms with Crippen LogP contribution >= 0.6 is 0 Å². The second kappa shape index (κ2) is 10.6. The van der Waals surface area contributed by atoms with Crippen LogP contribution in [0.5, 0.6) is 0 Å². The summed E-state index contributed by atoms with van der Waals surface area (Å²) in [5, 5.41) is 0.432. The van der Waals surface area contributed by atoms with Gasteiger partial charge in [-0.2, -0.15) is 9.13 Å². The Kier molecular flexibility index (Phi) is 9.85. The molecule has 0 aromatic carbocycles. The number of aromatic nitrogens is 2. The standard InChI is InChI=1S/C14H18N2O4S2.2BF4/c1-15-9-11(5-7-13(15)21(3,17)18)12-6-8-14(16(2)10-12)22(4,19)20;2*2-1(3,4)5/h5-10H,1-4H3;;/q+2;2*-1. The highest BCUT2D eigenvalue weighted by molar-refractivity contribution is 7.90. The number of pyridine rings is 2. The molecule has 0 radical (unpaired) electrons. The SMILES string of the molecule is C[n+]1cc(-c2ccc(S(C)(=O)=O)[n+](C)c2)ccc1S(C)(=O)=O.F[B-](F)(F)F.F[B-](F)(F)F. The third-order valence-electron chi connectivity index (χ3n) is 3.26. The minimum atomic E-state index is -6.00. The molecular weight excluding hydrogens is 498 g/mol. The van der Waals surface area contributed by atoms with Crippen LogP contribution < -0.4 is 9.13 Å². The first-order chi connectivity index (χ1) is 14.0. The zero-order valence-corrected chi connectivity index (χ0v) is 18.6. The Hall–Kier alpha value is -2.23. The summed E-state index contributed by atoms with van der Waals surface area (Å²) in [6.07, 6.45) is 5.71. The van der Waals surface area contributed by atoms with Crippen molar-refractivity contribution in [1.82, 2.24) is 0 Å². The fourth-order valence-electron chi connectivity index (χ4n) is 2.30. The summed E-state index contributed by atoms with van der Waals surface area (Å²) in [6.45, 7) is 0. The Labute approximate surface area is 179 Å². The second-order valence-electron chi connectivity index (χ2n) is 6.27. The smallest absolute Gasteiger partial charge is 0.418 e. The molecule has 18 heteroatoms. The van der Waals surface area contributed by atoms with Crippen molar-refractivity contribution < 1.29 is 60.5 Å². The molecule has 6 nitrogen and oxygen atoms in total. The summed E-state index contributed by atoms with van der Waals surface area (Å²) < 4.78 is 128. The van der Waals surface area contributed by atoms with E-state index in [1.54, 1.807) is 38.6 Å². The van der Waals surface area contributed by atoms with Gasteiger partial charge in [-0.1, -0.05) is 0 Å². The van der Waals surface area contributed by atoms with Gasteiger partial charge < -0.3 is 34.5 Å². The molecule has 0 aliphatic heterocycles. The first-order valence-corrected chi connectivity index (χ1v) is 11.9. The zero-order chi connectivity index (χ0) is 25.7. The molecule has 0 aliphatic carbocycles. The lowest BCUT2D eigenvalue weighted by molar-refractivity contribution is -0.710. The lowest BCUT2D eigenvalue weighted by Gasteiger charge is -2.03. The van der Waals surface area contributed by atoms with E-state index >= 15 is 0 Å². The molecule has 32 heavy (non-hydrogen) atoms. The Morgan fingerprint density at radius 3 is 0.969 bits per heavy atom. The minimum absolute atomic E-state index is 0.216. The number of halogens is 8. The Balaban J connectivity index is 0.000000805. The number of hydrogen-bond donors (Lipinski definition) is 0. The highest BCUT2D eigenvalue weighted by Crippen LogP contribution is 2.18. The predicted molar refractivity (Wildman–Crippen MR) is 101 cm³/mol. The molecule has 0 atom stereocenters. The molecule has 2 aromatic heterocycles. The summed E-state index contributed by atoms with van der Waals surface area (Å²) in [7, 11) is -15.3. The van der Waals surface area contributed by atoms with Gasteiger partial charge in [0, 0.05) is 24.6 Å². The van der Waals surface area contributed by atoms with Gasteiger partial charge in [-0.25, -0.2) is 16.8 Å². The Bertz CT molecular complexity index is 1050. The van der Waals surface area contributed by atoms with Gasteiger partial charge in [0.05, 0.1) is 11.1 Å². The van der Waals surface area contributed by atoms with Gasteiger partial charge in [-0.15, -0.1) is 0 Å². The van der Waals surface area contributed by atoms with Crippen molar-refractivity contribution in [2.24, 2.45) is 14.1 Å². The first kappa shape index (κ1) is 29.8. The molecule has 0 N–H and O–H groups in total. The second-order valence-corrected chi connectivity index (χ2v) is 10.2. The third kappa shape index (κ3) is 12.6. The minimum Gasteiger partial charge on any atom is -0.418 e. The maximum atomic E-state index is 11.6. The van der Waals surface area contributed by atoms with Crippen LogP contribution in [0, 0.1) is 0 Å². The summed E-state index contributed by atoms with van der Waals surface area (Å²) >= 11 is 0. The molecule has 0 spiro atoms. The fourth-order valence-corrected chi connectivity index (χ4v) is 4.08. The fraction of sp³-hybridized carbons (Fsp3) is 0.286. The van der Waals surface area contributed by atoms with Crippen LogP contribution in [0.3, 0.4) is 0 Å². The van der Waals surface area contributed by atoms with E-state index in [0.29, 0.717) is 0 Å². The number of sulfone groups is 2. The van der Waals surface area contributed by atoms with Gasteiger partial charge in [0.2, 0.25) is 19.7 Å². The van der Waals surface area contributed by atoms with Crippen molar-refractivity contribution in [3.05, 3.63) is 36.7 Å². The zero-order valence-electron chi connectivity index (χ0n) is 17.0. The van der Waals surface area contributed by atoms with E-state index in [0.717, 1.165) is 23.6 Å². The quantitative estimate of drug-likeness (QED) is 0.357. The van der Waals surface area contributed by atoms with E-state index < -0.39 is 34.2 Å². The van der Waals surface area contributed by atoms with Crippen LogP contribution in [0.4, 0.5) is 34.5 Å². The normalized spacial score (nSPS) is 12.2. The summed E-state index contributed by atoms with van der Waals surface area (Å²) in [4.78, 5) is 0. The maximum Gasteiger partial charge on any atom is 0.673 e. The van der Waals surface area contributed by atoms with Gasteiger partial charge in [0.25, 0.3) is 10.1 Å². The van der Waals surface area contributed by atoms with Crippen LogP contribution in [0.15, 0.2) is 46.7 Å². The molecule has 0 amide bonds. The highest BCUT2D eigenvalue weighted by atomic mass is 32.2. The van der Waals surface area contributed by atoms with Crippen LogP contribution in [-0.4, -0.2) is 43.9 Å². The molecule has 0 unspecified atom stereocenters. The monoisotopic (exact) mass is 516 g/mol. The van der Waals surface area contributed by atoms with Crippen molar-refractivity contribution in [3.63, 3.8) is 0 Å². The average molecular weight is 516 g/mol. The molecule has 0 saturated carbocycles.